The molecule has 0 unspecified atom stereocenters. The third-order valence-electron chi connectivity index (χ3n) is 3.15. The number of H-pyrrole nitrogens is 1. The van der Waals surface area contributed by atoms with Gasteiger partial charge in [-0.1, -0.05) is 12.1 Å². The maximum atomic E-state index is 5.54. The molecule has 3 aromatic rings. The van der Waals surface area contributed by atoms with Crippen LogP contribution in [0.25, 0.3) is 11.1 Å². The van der Waals surface area contributed by atoms with Gasteiger partial charge in [-0.3, -0.25) is 0 Å². The summed E-state index contributed by atoms with van der Waals surface area (Å²) in [6, 6.07) is 13.4. The first-order valence-corrected chi connectivity index (χ1v) is 6.65. The van der Waals surface area contributed by atoms with Gasteiger partial charge in [0, 0.05) is 6.07 Å². The van der Waals surface area contributed by atoms with E-state index >= 15 is 0 Å². The van der Waals surface area contributed by atoms with E-state index in [1.807, 2.05) is 42.5 Å². The summed E-state index contributed by atoms with van der Waals surface area (Å²) >= 11 is 0. The SMILES string of the molecule is COc1cc(OC)cc(-c2ccc(Oc3cn[nH]n3)cc2)c1. The van der Waals surface area contributed by atoms with Crippen molar-refractivity contribution in [1.29, 1.82) is 0 Å². The lowest BCUT2D eigenvalue weighted by Gasteiger charge is -2.09. The first kappa shape index (κ1) is 13.9. The van der Waals surface area contributed by atoms with E-state index in [9.17, 15) is 0 Å². The van der Waals surface area contributed by atoms with Gasteiger partial charge in [-0.15, -0.1) is 5.10 Å². The number of hydrogen-bond acceptors (Lipinski definition) is 5. The predicted molar refractivity (Wildman–Crippen MR) is 81.4 cm³/mol. The molecule has 0 fully saturated rings. The summed E-state index contributed by atoms with van der Waals surface area (Å²) in [5, 5.41) is 10.0. The van der Waals surface area contributed by atoms with E-state index < -0.39 is 0 Å². The lowest BCUT2D eigenvalue weighted by molar-refractivity contribution is 0.394. The quantitative estimate of drug-likeness (QED) is 0.782. The summed E-state index contributed by atoms with van der Waals surface area (Å²) in [7, 11) is 3.26. The Morgan fingerprint density at radius 1 is 0.818 bits per heavy atom. The van der Waals surface area contributed by atoms with Gasteiger partial charge in [-0.25, -0.2) is 0 Å². The molecule has 2 aromatic carbocycles. The third-order valence-corrected chi connectivity index (χ3v) is 3.15. The largest absolute Gasteiger partial charge is 0.497 e. The minimum Gasteiger partial charge on any atom is -0.497 e. The predicted octanol–water partition coefficient (Wildman–Crippen LogP) is 3.28. The molecule has 0 bridgehead atoms. The van der Waals surface area contributed by atoms with Crippen LogP contribution in [0.1, 0.15) is 0 Å². The molecule has 1 aromatic heterocycles. The van der Waals surface area contributed by atoms with Gasteiger partial charge in [0.05, 0.1) is 14.2 Å². The highest BCUT2D eigenvalue weighted by Crippen LogP contribution is 2.31. The Morgan fingerprint density at radius 3 is 2.05 bits per heavy atom. The van der Waals surface area contributed by atoms with Gasteiger partial charge in [-0.2, -0.15) is 10.3 Å². The van der Waals surface area contributed by atoms with Crippen molar-refractivity contribution in [2.75, 3.05) is 14.2 Å². The normalized spacial score (nSPS) is 10.3. The van der Waals surface area contributed by atoms with Crippen LogP contribution < -0.4 is 14.2 Å². The Labute approximate surface area is 127 Å². The summed E-state index contributed by atoms with van der Waals surface area (Å²) in [5.74, 6) is 2.61. The number of nitrogens with zero attached hydrogens (tertiary/aromatic N) is 2. The molecular formula is C16H15N3O3. The number of hydrogen-bond donors (Lipinski definition) is 1. The highest BCUT2D eigenvalue weighted by Gasteiger charge is 2.05. The number of rotatable bonds is 5. The number of nitrogens with one attached hydrogen (secondary N) is 1. The molecule has 0 atom stereocenters. The average Bonchev–Trinajstić information content (AvgIpc) is 3.08. The van der Waals surface area contributed by atoms with Gasteiger partial charge in [0.2, 0.25) is 0 Å². The molecule has 0 radical (unpaired) electrons. The molecule has 6 nitrogen and oxygen atoms in total. The summed E-state index contributed by atoms with van der Waals surface area (Å²) in [6.07, 6.45) is 1.51. The van der Waals surface area contributed by atoms with Crippen molar-refractivity contribution < 1.29 is 14.2 Å². The average molecular weight is 297 g/mol. The Hall–Kier alpha value is -3.02. The van der Waals surface area contributed by atoms with Crippen molar-refractivity contribution >= 4 is 0 Å². The fourth-order valence-electron chi connectivity index (χ4n) is 2.05. The van der Waals surface area contributed by atoms with Crippen molar-refractivity contribution in [3.8, 4) is 34.3 Å². The molecule has 3 rings (SSSR count). The van der Waals surface area contributed by atoms with Crippen LogP contribution in [0.5, 0.6) is 23.1 Å². The maximum absolute atomic E-state index is 5.54. The van der Waals surface area contributed by atoms with Crippen molar-refractivity contribution in [3.05, 3.63) is 48.7 Å². The summed E-state index contributed by atoms with van der Waals surface area (Å²) in [6.45, 7) is 0. The molecule has 22 heavy (non-hydrogen) atoms. The van der Waals surface area contributed by atoms with Crippen LogP contribution in [0.3, 0.4) is 0 Å². The molecule has 0 spiro atoms. The fourth-order valence-corrected chi connectivity index (χ4v) is 2.05. The maximum Gasteiger partial charge on any atom is 0.258 e. The van der Waals surface area contributed by atoms with Crippen LogP contribution >= 0.6 is 0 Å². The van der Waals surface area contributed by atoms with E-state index in [-0.39, 0.29) is 0 Å². The van der Waals surface area contributed by atoms with Crippen molar-refractivity contribution in [2.45, 2.75) is 0 Å². The zero-order chi connectivity index (χ0) is 15.4. The molecular weight excluding hydrogens is 282 g/mol. The van der Waals surface area contributed by atoms with Crippen LogP contribution in [0, 0.1) is 0 Å². The van der Waals surface area contributed by atoms with E-state index in [0.29, 0.717) is 11.6 Å². The molecule has 0 saturated carbocycles. The molecule has 0 aliphatic carbocycles. The molecule has 112 valence electrons. The Balaban J connectivity index is 1.86. The van der Waals surface area contributed by atoms with Gasteiger partial charge in [-0.05, 0) is 35.4 Å². The highest BCUT2D eigenvalue weighted by atomic mass is 16.5. The smallest absolute Gasteiger partial charge is 0.258 e. The molecule has 0 aliphatic heterocycles. The summed E-state index contributed by atoms with van der Waals surface area (Å²) in [5.41, 5.74) is 2.04. The van der Waals surface area contributed by atoms with Crippen molar-refractivity contribution in [3.63, 3.8) is 0 Å². The van der Waals surface area contributed by atoms with Gasteiger partial charge < -0.3 is 14.2 Å². The van der Waals surface area contributed by atoms with Crippen LogP contribution in [0.2, 0.25) is 0 Å². The van der Waals surface area contributed by atoms with Crippen LogP contribution in [-0.2, 0) is 0 Å². The number of ether oxygens (including phenoxy) is 3. The lowest BCUT2D eigenvalue weighted by atomic mass is 10.0. The minimum absolute atomic E-state index is 0.427. The Bertz CT molecular complexity index is 718. The molecule has 0 amide bonds. The van der Waals surface area contributed by atoms with Gasteiger partial charge in [0.15, 0.2) is 0 Å². The second kappa shape index (κ2) is 6.17. The zero-order valence-corrected chi connectivity index (χ0v) is 12.2. The summed E-state index contributed by atoms with van der Waals surface area (Å²) < 4.78 is 16.1. The van der Waals surface area contributed by atoms with E-state index in [1.54, 1.807) is 14.2 Å². The van der Waals surface area contributed by atoms with Crippen LogP contribution in [0.4, 0.5) is 0 Å². The van der Waals surface area contributed by atoms with Gasteiger partial charge >= 0.3 is 0 Å². The molecule has 0 saturated heterocycles. The van der Waals surface area contributed by atoms with E-state index in [2.05, 4.69) is 15.4 Å². The van der Waals surface area contributed by atoms with Gasteiger partial charge in [0.1, 0.15) is 23.4 Å². The molecule has 1 N–H and O–H groups in total. The van der Waals surface area contributed by atoms with Crippen LogP contribution in [-0.4, -0.2) is 29.6 Å². The van der Waals surface area contributed by atoms with Crippen molar-refractivity contribution in [2.24, 2.45) is 0 Å². The molecule has 6 heteroatoms. The number of aromatic amines is 1. The highest BCUT2D eigenvalue weighted by molar-refractivity contribution is 5.68. The van der Waals surface area contributed by atoms with Gasteiger partial charge in [0.25, 0.3) is 5.88 Å². The topological polar surface area (TPSA) is 69.3 Å². The first-order chi connectivity index (χ1) is 10.8. The number of aromatic nitrogens is 3. The Morgan fingerprint density at radius 2 is 1.50 bits per heavy atom. The lowest BCUT2D eigenvalue weighted by Crippen LogP contribution is -1.89. The number of methoxy groups -OCH3 is 2. The minimum atomic E-state index is 0.427. The molecule has 0 aliphatic rings. The van der Waals surface area contributed by atoms with Crippen molar-refractivity contribution in [1.82, 2.24) is 15.4 Å². The van der Waals surface area contributed by atoms with E-state index in [1.165, 1.54) is 6.20 Å². The Kier molecular flexibility index (Phi) is 3.91. The third kappa shape index (κ3) is 3.01. The second-order valence-electron chi connectivity index (χ2n) is 4.54. The summed E-state index contributed by atoms with van der Waals surface area (Å²) in [4.78, 5) is 0. The fraction of sp³-hybridized carbons (Fsp3) is 0.125. The van der Waals surface area contributed by atoms with E-state index in [4.69, 9.17) is 14.2 Å². The monoisotopic (exact) mass is 297 g/mol. The second-order valence-corrected chi connectivity index (χ2v) is 4.54. The standard InChI is InChI=1S/C16H15N3O3/c1-20-14-7-12(8-15(9-14)21-2)11-3-5-13(6-4-11)22-16-10-17-19-18-16/h3-10H,1-2H3,(H,17,18,19). The zero-order valence-electron chi connectivity index (χ0n) is 12.2. The number of benzene rings is 2. The first-order valence-electron chi connectivity index (χ1n) is 6.65. The molecule has 1 heterocycles. The van der Waals surface area contributed by atoms with E-state index in [0.717, 1.165) is 22.6 Å². The van der Waals surface area contributed by atoms with Crippen LogP contribution in [0.15, 0.2) is 48.7 Å².